The third kappa shape index (κ3) is 2.68. The van der Waals surface area contributed by atoms with E-state index in [0.717, 1.165) is 5.56 Å². The standard InChI is InChI=1S/C18H14F3NO2/c1-12-2-8-15(9-3-12)17(18(19,20)21)10-16(22-24-17)14-6-4-13(11-23)5-7-14/h2-9,11H,10H2,1H3. The fourth-order valence-corrected chi connectivity index (χ4v) is 2.64. The number of halogens is 3. The molecule has 0 saturated carbocycles. The first-order valence-electron chi connectivity index (χ1n) is 7.30. The Morgan fingerprint density at radius 3 is 2.25 bits per heavy atom. The van der Waals surface area contributed by atoms with Crippen molar-refractivity contribution in [3.05, 3.63) is 70.8 Å². The normalized spacial score (nSPS) is 20.4. The molecule has 0 N–H and O–H groups in total. The molecule has 0 aromatic heterocycles. The van der Waals surface area contributed by atoms with E-state index < -0.39 is 18.2 Å². The van der Waals surface area contributed by atoms with Gasteiger partial charge >= 0.3 is 6.18 Å². The first kappa shape index (κ1) is 16.2. The monoisotopic (exact) mass is 333 g/mol. The molecule has 0 spiro atoms. The number of rotatable bonds is 3. The summed E-state index contributed by atoms with van der Waals surface area (Å²) in [6.45, 7) is 1.80. The highest BCUT2D eigenvalue weighted by molar-refractivity contribution is 6.02. The third-order valence-corrected chi connectivity index (χ3v) is 4.08. The molecule has 0 amide bonds. The van der Waals surface area contributed by atoms with Gasteiger partial charge in [0.25, 0.3) is 5.60 Å². The largest absolute Gasteiger partial charge is 0.435 e. The van der Waals surface area contributed by atoms with Gasteiger partial charge in [0.1, 0.15) is 6.29 Å². The van der Waals surface area contributed by atoms with E-state index in [4.69, 9.17) is 4.84 Å². The second kappa shape index (κ2) is 5.78. The van der Waals surface area contributed by atoms with Crippen LogP contribution in [0.5, 0.6) is 0 Å². The molecule has 0 aliphatic carbocycles. The highest BCUT2D eigenvalue weighted by atomic mass is 19.4. The Labute approximate surface area is 136 Å². The first-order valence-corrected chi connectivity index (χ1v) is 7.30. The lowest BCUT2D eigenvalue weighted by Gasteiger charge is -2.29. The minimum Gasteiger partial charge on any atom is -0.374 e. The van der Waals surface area contributed by atoms with E-state index in [9.17, 15) is 18.0 Å². The van der Waals surface area contributed by atoms with Crippen molar-refractivity contribution in [2.75, 3.05) is 0 Å². The zero-order chi connectivity index (χ0) is 17.4. The van der Waals surface area contributed by atoms with Gasteiger partial charge in [-0.3, -0.25) is 4.79 Å². The second-order valence-electron chi connectivity index (χ2n) is 5.74. The highest BCUT2D eigenvalue weighted by Gasteiger charge is 2.62. The maximum Gasteiger partial charge on any atom is 0.435 e. The number of aldehydes is 1. The molecule has 1 unspecified atom stereocenters. The molecule has 3 nitrogen and oxygen atoms in total. The summed E-state index contributed by atoms with van der Waals surface area (Å²) in [5.74, 6) is 0. The second-order valence-corrected chi connectivity index (χ2v) is 5.74. The van der Waals surface area contributed by atoms with Gasteiger partial charge in [-0.25, -0.2) is 0 Å². The summed E-state index contributed by atoms with van der Waals surface area (Å²) in [4.78, 5) is 15.6. The summed E-state index contributed by atoms with van der Waals surface area (Å²) in [6, 6.07) is 12.2. The van der Waals surface area contributed by atoms with Crippen LogP contribution in [-0.2, 0) is 10.4 Å². The Morgan fingerprint density at radius 2 is 1.71 bits per heavy atom. The molecular weight excluding hydrogens is 319 g/mol. The van der Waals surface area contributed by atoms with Gasteiger partial charge in [0.15, 0.2) is 0 Å². The lowest BCUT2D eigenvalue weighted by atomic mass is 9.86. The third-order valence-electron chi connectivity index (χ3n) is 4.08. The minimum absolute atomic E-state index is 0.0175. The molecule has 1 heterocycles. The molecule has 0 bridgehead atoms. The smallest absolute Gasteiger partial charge is 0.374 e. The Bertz CT molecular complexity index is 779. The molecule has 0 radical (unpaired) electrons. The van der Waals surface area contributed by atoms with Gasteiger partial charge in [-0.2, -0.15) is 13.2 Å². The van der Waals surface area contributed by atoms with Gasteiger partial charge < -0.3 is 4.84 Å². The predicted molar refractivity (Wildman–Crippen MR) is 83.0 cm³/mol. The molecule has 124 valence electrons. The van der Waals surface area contributed by atoms with E-state index in [0.29, 0.717) is 17.4 Å². The molecule has 3 rings (SSSR count). The number of aryl methyl sites for hydroxylation is 1. The van der Waals surface area contributed by atoms with Crippen LogP contribution in [0.4, 0.5) is 13.2 Å². The first-order chi connectivity index (χ1) is 11.4. The van der Waals surface area contributed by atoms with Gasteiger partial charge in [-0.15, -0.1) is 0 Å². The fraction of sp³-hybridized carbons (Fsp3) is 0.222. The number of nitrogens with zero attached hydrogens (tertiary/aromatic N) is 1. The van der Waals surface area contributed by atoms with Crippen molar-refractivity contribution in [2.24, 2.45) is 5.16 Å². The molecule has 2 aromatic carbocycles. The van der Waals surface area contributed by atoms with E-state index in [2.05, 4.69) is 5.16 Å². The SMILES string of the molecule is Cc1ccc(C2(C(F)(F)F)CC(c3ccc(C=O)cc3)=NO2)cc1. The molecule has 1 aliphatic heterocycles. The molecule has 24 heavy (non-hydrogen) atoms. The van der Waals surface area contributed by atoms with Crippen LogP contribution in [0.2, 0.25) is 0 Å². The molecule has 2 aromatic rings. The van der Waals surface area contributed by atoms with Crippen LogP contribution < -0.4 is 0 Å². The molecule has 1 aliphatic rings. The summed E-state index contributed by atoms with van der Waals surface area (Å²) < 4.78 is 41.3. The van der Waals surface area contributed by atoms with E-state index in [-0.39, 0.29) is 11.3 Å². The molecule has 6 heteroatoms. The van der Waals surface area contributed by atoms with Gasteiger partial charge in [-0.05, 0) is 12.5 Å². The molecular formula is C18H14F3NO2. The zero-order valence-electron chi connectivity index (χ0n) is 12.8. The van der Waals surface area contributed by atoms with Crippen LogP contribution in [0.3, 0.4) is 0 Å². The van der Waals surface area contributed by atoms with Gasteiger partial charge in [0.2, 0.25) is 0 Å². The number of carbonyl (C=O) groups excluding carboxylic acids is 1. The number of carbonyl (C=O) groups is 1. The Kier molecular flexibility index (Phi) is 3.91. The van der Waals surface area contributed by atoms with E-state index >= 15 is 0 Å². The predicted octanol–water partition coefficient (Wildman–Crippen LogP) is 4.39. The Balaban J connectivity index is 1.96. The van der Waals surface area contributed by atoms with Crippen LogP contribution in [0.1, 0.15) is 33.5 Å². The molecule has 0 fully saturated rings. The summed E-state index contributed by atoms with van der Waals surface area (Å²) in [5, 5.41) is 3.69. The molecule has 1 atom stereocenters. The number of benzene rings is 2. The van der Waals surface area contributed by atoms with Gasteiger partial charge in [0.05, 0.1) is 5.71 Å². The van der Waals surface area contributed by atoms with Crippen LogP contribution >= 0.6 is 0 Å². The van der Waals surface area contributed by atoms with Crippen molar-refractivity contribution >= 4 is 12.0 Å². The average molecular weight is 333 g/mol. The van der Waals surface area contributed by atoms with Crippen LogP contribution in [0, 0.1) is 6.92 Å². The topological polar surface area (TPSA) is 38.7 Å². The van der Waals surface area contributed by atoms with Crippen molar-refractivity contribution in [1.82, 2.24) is 0 Å². The number of hydrogen-bond donors (Lipinski definition) is 0. The minimum atomic E-state index is -4.61. The fourth-order valence-electron chi connectivity index (χ4n) is 2.64. The highest BCUT2D eigenvalue weighted by Crippen LogP contribution is 2.48. The quantitative estimate of drug-likeness (QED) is 0.782. The van der Waals surface area contributed by atoms with Gasteiger partial charge in [-0.1, -0.05) is 59.3 Å². The van der Waals surface area contributed by atoms with Crippen molar-refractivity contribution < 1.29 is 22.8 Å². The Hall–Kier alpha value is -2.63. The Morgan fingerprint density at radius 1 is 1.08 bits per heavy atom. The summed E-state index contributed by atoms with van der Waals surface area (Å²) >= 11 is 0. The maximum absolute atomic E-state index is 13.8. The van der Waals surface area contributed by atoms with Crippen LogP contribution in [-0.4, -0.2) is 18.2 Å². The lowest BCUT2D eigenvalue weighted by Crippen LogP contribution is -2.42. The summed E-state index contributed by atoms with van der Waals surface area (Å²) in [6.07, 6.45) is -4.36. The van der Waals surface area contributed by atoms with E-state index in [1.165, 1.54) is 24.3 Å². The van der Waals surface area contributed by atoms with Crippen molar-refractivity contribution in [3.8, 4) is 0 Å². The van der Waals surface area contributed by atoms with Crippen LogP contribution in [0.15, 0.2) is 53.7 Å². The average Bonchev–Trinajstić information content (AvgIpc) is 3.02. The van der Waals surface area contributed by atoms with Crippen molar-refractivity contribution in [1.29, 1.82) is 0 Å². The van der Waals surface area contributed by atoms with E-state index in [1.807, 2.05) is 0 Å². The van der Waals surface area contributed by atoms with Crippen molar-refractivity contribution in [3.63, 3.8) is 0 Å². The maximum atomic E-state index is 13.8. The van der Waals surface area contributed by atoms with Crippen molar-refractivity contribution in [2.45, 2.75) is 25.1 Å². The van der Waals surface area contributed by atoms with Crippen LogP contribution in [0.25, 0.3) is 0 Å². The van der Waals surface area contributed by atoms with Gasteiger partial charge in [0, 0.05) is 17.5 Å². The summed E-state index contributed by atoms with van der Waals surface area (Å²) in [7, 11) is 0. The zero-order valence-corrected chi connectivity index (χ0v) is 12.8. The summed E-state index contributed by atoms with van der Waals surface area (Å²) in [5.41, 5.74) is -0.467. The van der Waals surface area contributed by atoms with E-state index in [1.54, 1.807) is 31.2 Å². The number of alkyl halides is 3. The number of oxime groups is 1. The number of hydrogen-bond acceptors (Lipinski definition) is 3. The molecule has 0 saturated heterocycles. The lowest BCUT2D eigenvalue weighted by molar-refractivity contribution is -0.275.